The number of methoxy groups -OCH3 is 1. The van der Waals surface area contributed by atoms with Crippen molar-refractivity contribution in [1.29, 1.82) is 0 Å². The maximum atomic E-state index is 10.4. The molecular formula is C8H8O5. The molecular weight excluding hydrogens is 176 g/mol. The lowest BCUT2D eigenvalue weighted by atomic mass is 10.2. The molecule has 0 saturated carbocycles. The SMILES string of the molecule is COc1cc(C=O)ccc1OOO. The van der Waals surface area contributed by atoms with Gasteiger partial charge in [-0.3, -0.25) is 4.79 Å². The van der Waals surface area contributed by atoms with Crippen molar-refractivity contribution in [3.8, 4) is 11.5 Å². The Labute approximate surface area is 74.3 Å². The quantitative estimate of drug-likeness (QED) is 0.434. The number of ether oxygens (including phenoxy) is 1. The lowest BCUT2D eigenvalue weighted by Gasteiger charge is -2.05. The molecule has 5 heteroatoms. The lowest BCUT2D eigenvalue weighted by molar-refractivity contribution is -0.439. The second-order valence-electron chi connectivity index (χ2n) is 2.19. The monoisotopic (exact) mass is 184 g/mol. The highest BCUT2D eigenvalue weighted by atomic mass is 17.5. The molecule has 1 rings (SSSR count). The maximum Gasteiger partial charge on any atom is 0.210 e. The fourth-order valence-corrected chi connectivity index (χ4v) is 0.866. The van der Waals surface area contributed by atoms with Gasteiger partial charge in [-0.1, -0.05) is 0 Å². The summed E-state index contributed by atoms with van der Waals surface area (Å²) in [6.07, 6.45) is 0.673. The fourth-order valence-electron chi connectivity index (χ4n) is 0.866. The van der Waals surface area contributed by atoms with Gasteiger partial charge in [0, 0.05) is 5.56 Å². The summed E-state index contributed by atoms with van der Waals surface area (Å²) in [5, 5.41) is 11.5. The van der Waals surface area contributed by atoms with E-state index in [1.54, 1.807) is 0 Å². The van der Waals surface area contributed by atoms with E-state index in [9.17, 15) is 4.79 Å². The summed E-state index contributed by atoms with van der Waals surface area (Å²) in [6.45, 7) is 0. The molecule has 0 unspecified atom stereocenters. The van der Waals surface area contributed by atoms with E-state index in [1.165, 1.54) is 25.3 Å². The molecule has 1 aromatic rings. The average Bonchev–Trinajstić information content (AvgIpc) is 2.19. The molecule has 0 heterocycles. The molecule has 0 fully saturated rings. The minimum atomic E-state index is 0.190. The normalized spacial score (nSPS) is 9.38. The van der Waals surface area contributed by atoms with Crippen molar-refractivity contribution < 1.29 is 24.7 Å². The number of rotatable bonds is 4. The second kappa shape index (κ2) is 4.44. The number of carbonyl (C=O) groups excluding carboxylic acids is 1. The van der Waals surface area contributed by atoms with Gasteiger partial charge < -0.3 is 9.62 Å². The molecule has 0 aliphatic carbocycles. The molecule has 0 atom stereocenters. The standard InChI is InChI=1S/C8H8O5/c1-11-8-4-6(5-9)2-3-7(8)12-13-10/h2-5,10H,1H3. The molecule has 0 amide bonds. The minimum absolute atomic E-state index is 0.190. The first kappa shape index (κ1) is 9.50. The Bertz CT molecular complexity index is 297. The van der Waals surface area contributed by atoms with Crippen LogP contribution in [0.25, 0.3) is 0 Å². The van der Waals surface area contributed by atoms with Gasteiger partial charge in [0.25, 0.3) is 0 Å². The Morgan fingerprint density at radius 1 is 1.38 bits per heavy atom. The minimum Gasteiger partial charge on any atom is -0.493 e. The average molecular weight is 184 g/mol. The van der Waals surface area contributed by atoms with E-state index in [0.717, 1.165) is 0 Å². The van der Waals surface area contributed by atoms with Crippen molar-refractivity contribution in [3.63, 3.8) is 0 Å². The van der Waals surface area contributed by atoms with Crippen LogP contribution in [0.3, 0.4) is 0 Å². The zero-order valence-corrected chi connectivity index (χ0v) is 6.89. The Balaban J connectivity index is 3.00. The van der Waals surface area contributed by atoms with Crippen LogP contribution >= 0.6 is 0 Å². The summed E-state index contributed by atoms with van der Waals surface area (Å²) >= 11 is 0. The van der Waals surface area contributed by atoms with E-state index < -0.39 is 0 Å². The third-order valence-corrected chi connectivity index (χ3v) is 1.45. The van der Waals surface area contributed by atoms with Gasteiger partial charge in [-0.15, -0.1) is 0 Å². The van der Waals surface area contributed by atoms with Crippen molar-refractivity contribution in [2.24, 2.45) is 0 Å². The molecule has 5 nitrogen and oxygen atoms in total. The Morgan fingerprint density at radius 3 is 2.69 bits per heavy atom. The molecule has 0 aliphatic rings. The van der Waals surface area contributed by atoms with Gasteiger partial charge in [-0.05, 0) is 23.2 Å². The molecule has 13 heavy (non-hydrogen) atoms. The maximum absolute atomic E-state index is 10.4. The van der Waals surface area contributed by atoms with Gasteiger partial charge >= 0.3 is 0 Å². The molecule has 0 aromatic heterocycles. The third-order valence-electron chi connectivity index (χ3n) is 1.45. The van der Waals surface area contributed by atoms with Crippen LogP contribution in [0.1, 0.15) is 10.4 Å². The van der Waals surface area contributed by atoms with Crippen LogP contribution in [0, 0.1) is 0 Å². The van der Waals surface area contributed by atoms with E-state index in [2.05, 4.69) is 9.93 Å². The predicted molar refractivity (Wildman–Crippen MR) is 42.7 cm³/mol. The number of aldehydes is 1. The lowest BCUT2D eigenvalue weighted by Crippen LogP contribution is -1.95. The number of hydrogen-bond donors (Lipinski definition) is 1. The van der Waals surface area contributed by atoms with Gasteiger partial charge in [0.1, 0.15) is 6.29 Å². The Hall–Kier alpha value is -1.59. The van der Waals surface area contributed by atoms with Crippen LogP contribution in [-0.2, 0) is 5.04 Å². The van der Waals surface area contributed by atoms with Crippen molar-refractivity contribution >= 4 is 6.29 Å². The number of hydrogen-bond acceptors (Lipinski definition) is 5. The number of benzene rings is 1. The molecule has 0 aliphatic heterocycles. The van der Waals surface area contributed by atoms with Gasteiger partial charge in [-0.2, -0.15) is 0 Å². The highest BCUT2D eigenvalue weighted by Gasteiger charge is 2.05. The fraction of sp³-hybridized carbons (Fsp3) is 0.125. The second-order valence-corrected chi connectivity index (χ2v) is 2.19. The number of carbonyl (C=O) groups is 1. The van der Waals surface area contributed by atoms with Gasteiger partial charge in [0.05, 0.1) is 7.11 Å². The zero-order chi connectivity index (χ0) is 9.68. The largest absolute Gasteiger partial charge is 0.493 e. The van der Waals surface area contributed by atoms with Gasteiger partial charge in [-0.25, -0.2) is 5.26 Å². The van der Waals surface area contributed by atoms with E-state index >= 15 is 0 Å². The summed E-state index contributed by atoms with van der Waals surface area (Å²) < 4.78 is 4.87. The summed E-state index contributed by atoms with van der Waals surface area (Å²) in [7, 11) is 1.41. The molecule has 0 bridgehead atoms. The molecule has 1 aromatic carbocycles. The first-order valence-electron chi connectivity index (χ1n) is 3.43. The molecule has 0 saturated heterocycles. The molecule has 1 N–H and O–H groups in total. The molecule has 0 spiro atoms. The molecule has 70 valence electrons. The van der Waals surface area contributed by atoms with E-state index in [0.29, 0.717) is 17.6 Å². The Morgan fingerprint density at radius 2 is 2.15 bits per heavy atom. The zero-order valence-electron chi connectivity index (χ0n) is 6.89. The summed E-state index contributed by atoms with van der Waals surface area (Å²) in [5.41, 5.74) is 0.446. The predicted octanol–water partition coefficient (Wildman–Crippen LogP) is 1.29. The first-order valence-corrected chi connectivity index (χ1v) is 3.43. The van der Waals surface area contributed by atoms with Crippen LogP contribution in [0.15, 0.2) is 18.2 Å². The van der Waals surface area contributed by atoms with Crippen molar-refractivity contribution in [1.82, 2.24) is 0 Å². The van der Waals surface area contributed by atoms with Crippen molar-refractivity contribution in [3.05, 3.63) is 23.8 Å². The van der Waals surface area contributed by atoms with Crippen LogP contribution in [0.2, 0.25) is 0 Å². The van der Waals surface area contributed by atoms with E-state index in [-0.39, 0.29) is 5.75 Å². The van der Waals surface area contributed by atoms with Crippen LogP contribution in [0.5, 0.6) is 11.5 Å². The van der Waals surface area contributed by atoms with Crippen molar-refractivity contribution in [2.45, 2.75) is 0 Å². The van der Waals surface area contributed by atoms with Crippen LogP contribution < -0.4 is 9.62 Å². The topological polar surface area (TPSA) is 65.0 Å². The highest BCUT2D eigenvalue weighted by Crippen LogP contribution is 2.27. The molecule has 0 radical (unpaired) electrons. The summed E-state index contributed by atoms with van der Waals surface area (Å²) in [5.74, 6) is 0.495. The van der Waals surface area contributed by atoms with E-state index in [4.69, 9.17) is 9.99 Å². The summed E-state index contributed by atoms with van der Waals surface area (Å²) in [4.78, 5) is 14.7. The van der Waals surface area contributed by atoms with Crippen LogP contribution in [0.4, 0.5) is 0 Å². The van der Waals surface area contributed by atoms with Gasteiger partial charge in [0.2, 0.25) is 5.75 Å². The van der Waals surface area contributed by atoms with Crippen LogP contribution in [-0.4, -0.2) is 18.7 Å². The van der Waals surface area contributed by atoms with Crippen molar-refractivity contribution in [2.75, 3.05) is 7.11 Å². The van der Waals surface area contributed by atoms with E-state index in [1.807, 2.05) is 0 Å². The third kappa shape index (κ3) is 2.17. The van der Waals surface area contributed by atoms with Gasteiger partial charge in [0.15, 0.2) is 5.75 Å². The first-order chi connectivity index (χ1) is 6.31. The highest BCUT2D eigenvalue weighted by molar-refractivity contribution is 5.76. The summed E-state index contributed by atoms with van der Waals surface area (Å²) in [6, 6.07) is 4.41. The Kier molecular flexibility index (Phi) is 3.24. The smallest absolute Gasteiger partial charge is 0.210 e.